The minimum absolute atomic E-state index is 0.00789. The zero-order valence-electron chi connectivity index (χ0n) is 10.5. The SMILES string of the molecule is NC(=NCc1cc(F)ccc1F)NCC1CCCO1. The van der Waals surface area contributed by atoms with Gasteiger partial charge >= 0.3 is 0 Å². The van der Waals surface area contributed by atoms with Crippen LogP contribution in [0.4, 0.5) is 8.78 Å². The fourth-order valence-corrected chi connectivity index (χ4v) is 1.91. The second kappa shape index (κ2) is 6.47. The fourth-order valence-electron chi connectivity index (χ4n) is 1.91. The van der Waals surface area contributed by atoms with Crippen molar-refractivity contribution in [3.63, 3.8) is 0 Å². The first-order valence-corrected chi connectivity index (χ1v) is 6.24. The monoisotopic (exact) mass is 269 g/mol. The molecule has 1 fully saturated rings. The number of hydrogen-bond acceptors (Lipinski definition) is 2. The van der Waals surface area contributed by atoms with Crippen molar-refractivity contribution in [1.82, 2.24) is 5.32 Å². The van der Waals surface area contributed by atoms with E-state index in [4.69, 9.17) is 10.5 Å². The largest absolute Gasteiger partial charge is 0.376 e. The van der Waals surface area contributed by atoms with Crippen LogP contribution in [0.25, 0.3) is 0 Å². The summed E-state index contributed by atoms with van der Waals surface area (Å²) in [5, 5.41) is 2.92. The van der Waals surface area contributed by atoms with Crippen molar-refractivity contribution in [1.29, 1.82) is 0 Å². The molecule has 3 N–H and O–H groups in total. The molecule has 0 spiro atoms. The molecule has 0 amide bonds. The lowest BCUT2D eigenvalue weighted by Crippen LogP contribution is -2.37. The van der Waals surface area contributed by atoms with Crippen molar-refractivity contribution in [2.75, 3.05) is 13.2 Å². The second-order valence-corrected chi connectivity index (χ2v) is 4.45. The van der Waals surface area contributed by atoms with Crippen LogP contribution in [0.1, 0.15) is 18.4 Å². The van der Waals surface area contributed by atoms with E-state index < -0.39 is 11.6 Å². The summed E-state index contributed by atoms with van der Waals surface area (Å²) in [4.78, 5) is 3.98. The van der Waals surface area contributed by atoms with Crippen LogP contribution in [0.2, 0.25) is 0 Å². The minimum atomic E-state index is -0.489. The van der Waals surface area contributed by atoms with E-state index in [1.165, 1.54) is 0 Å². The maximum absolute atomic E-state index is 13.3. The van der Waals surface area contributed by atoms with E-state index in [-0.39, 0.29) is 24.2 Å². The van der Waals surface area contributed by atoms with Crippen LogP contribution in [-0.2, 0) is 11.3 Å². The van der Waals surface area contributed by atoms with E-state index in [2.05, 4.69) is 10.3 Å². The van der Waals surface area contributed by atoms with E-state index in [1.807, 2.05) is 0 Å². The summed E-state index contributed by atoms with van der Waals surface area (Å²) >= 11 is 0. The van der Waals surface area contributed by atoms with Gasteiger partial charge in [-0.3, -0.25) is 0 Å². The third kappa shape index (κ3) is 4.17. The zero-order valence-corrected chi connectivity index (χ0v) is 10.5. The second-order valence-electron chi connectivity index (χ2n) is 4.45. The summed E-state index contributed by atoms with van der Waals surface area (Å²) in [7, 11) is 0. The molecule has 1 aromatic carbocycles. The molecule has 1 unspecified atom stereocenters. The first kappa shape index (κ1) is 13.7. The number of aliphatic imine (C=N–C) groups is 1. The van der Waals surface area contributed by atoms with Crippen LogP contribution in [-0.4, -0.2) is 25.2 Å². The third-order valence-corrected chi connectivity index (χ3v) is 2.96. The molecule has 2 rings (SSSR count). The normalized spacial score (nSPS) is 19.7. The Balaban J connectivity index is 1.84. The molecule has 1 atom stereocenters. The maximum Gasteiger partial charge on any atom is 0.189 e. The Morgan fingerprint density at radius 2 is 2.32 bits per heavy atom. The number of benzene rings is 1. The standard InChI is InChI=1S/C13H17F2N3O/c14-10-3-4-12(15)9(6-10)7-17-13(16)18-8-11-2-1-5-19-11/h3-4,6,11H,1-2,5,7-8H2,(H3,16,17,18). The third-order valence-electron chi connectivity index (χ3n) is 2.96. The summed E-state index contributed by atoms with van der Waals surface area (Å²) in [6.07, 6.45) is 2.20. The van der Waals surface area contributed by atoms with E-state index in [9.17, 15) is 8.78 Å². The van der Waals surface area contributed by atoms with Crippen molar-refractivity contribution >= 4 is 5.96 Å². The Morgan fingerprint density at radius 1 is 1.47 bits per heavy atom. The molecule has 0 aliphatic carbocycles. The predicted molar refractivity (Wildman–Crippen MR) is 68.7 cm³/mol. The molecular formula is C13H17F2N3O. The van der Waals surface area contributed by atoms with Gasteiger partial charge in [-0.2, -0.15) is 0 Å². The van der Waals surface area contributed by atoms with E-state index in [1.54, 1.807) is 0 Å². The summed E-state index contributed by atoms with van der Waals surface area (Å²) < 4.78 is 31.7. The fraction of sp³-hybridized carbons (Fsp3) is 0.462. The quantitative estimate of drug-likeness (QED) is 0.644. The highest BCUT2D eigenvalue weighted by Gasteiger charge is 2.14. The summed E-state index contributed by atoms with van der Waals surface area (Å²) in [5.74, 6) is -0.770. The Bertz CT molecular complexity index is 459. The number of rotatable bonds is 4. The molecular weight excluding hydrogens is 252 g/mol. The van der Waals surface area contributed by atoms with Gasteiger partial charge in [0, 0.05) is 18.7 Å². The first-order valence-electron chi connectivity index (χ1n) is 6.24. The number of nitrogens with zero attached hydrogens (tertiary/aromatic N) is 1. The molecule has 1 saturated heterocycles. The Hall–Kier alpha value is -1.69. The van der Waals surface area contributed by atoms with Gasteiger partial charge in [0.1, 0.15) is 11.6 Å². The summed E-state index contributed by atoms with van der Waals surface area (Å²) in [5.41, 5.74) is 5.84. The summed E-state index contributed by atoms with van der Waals surface area (Å²) in [6, 6.07) is 3.27. The number of nitrogens with one attached hydrogen (secondary N) is 1. The number of ether oxygens (including phenoxy) is 1. The van der Waals surface area contributed by atoms with Gasteiger partial charge in [-0.15, -0.1) is 0 Å². The molecule has 0 bridgehead atoms. The molecule has 0 saturated carbocycles. The topological polar surface area (TPSA) is 59.6 Å². The molecule has 1 heterocycles. The van der Waals surface area contributed by atoms with Crippen molar-refractivity contribution in [3.05, 3.63) is 35.4 Å². The highest BCUT2D eigenvalue weighted by Crippen LogP contribution is 2.11. The smallest absolute Gasteiger partial charge is 0.189 e. The molecule has 0 radical (unpaired) electrons. The molecule has 104 valence electrons. The van der Waals surface area contributed by atoms with Crippen molar-refractivity contribution in [2.45, 2.75) is 25.5 Å². The number of guanidine groups is 1. The molecule has 19 heavy (non-hydrogen) atoms. The van der Waals surface area contributed by atoms with Crippen LogP contribution in [0.5, 0.6) is 0 Å². The van der Waals surface area contributed by atoms with Crippen molar-refractivity contribution in [3.8, 4) is 0 Å². The van der Waals surface area contributed by atoms with E-state index in [0.717, 1.165) is 37.6 Å². The van der Waals surface area contributed by atoms with Crippen LogP contribution < -0.4 is 11.1 Å². The molecule has 6 heteroatoms. The van der Waals surface area contributed by atoms with Gasteiger partial charge in [-0.1, -0.05) is 0 Å². The highest BCUT2D eigenvalue weighted by molar-refractivity contribution is 5.77. The number of nitrogens with two attached hydrogens (primary N) is 1. The predicted octanol–water partition coefficient (Wildman–Crippen LogP) is 1.55. The average Bonchev–Trinajstić information content (AvgIpc) is 2.90. The minimum Gasteiger partial charge on any atom is -0.376 e. The lowest BCUT2D eigenvalue weighted by atomic mass is 10.2. The molecule has 1 aliphatic heterocycles. The van der Waals surface area contributed by atoms with Gasteiger partial charge in [0.2, 0.25) is 0 Å². The molecule has 1 aromatic rings. The van der Waals surface area contributed by atoms with Crippen LogP contribution in [0.15, 0.2) is 23.2 Å². The number of halogens is 2. The zero-order chi connectivity index (χ0) is 13.7. The Morgan fingerprint density at radius 3 is 3.05 bits per heavy atom. The van der Waals surface area contributed by atoms with Gasteiger partial charge in [-0.05, 0) is 31.0 Å². The lowest BCUT2D eigenvalue weighted by molar-refractivity contribution is 0.114. The highest BCUT2D eigenvalue weighted by atomic mass is 19.1. The first-order chi connectivity index (χ1) is 9.15. The molecule has 4 nitrogen and oxygen atoms in total. The maximum atomic E-state index is 13.3. The van der Waals surface area contributed by atoms with Crippen molar-refractivity contribution in [2.24, 2.45) is 10.7 Å². The number of hydrogen-bond donors (Lipinski definition) is 2. The van der Waals surface area contributed by atoms with Crippen molar-refractivity contribution < 1.29 is 13.5 Å². The lowest BCUT2D eigenvalue weighted by Gasteiger charge is -2.11. The summed E-state index contributed by atoms with van der Waals surface area (Å²) in [6.45, 7) is 1.37. The van der Waals surface area contributed by atoms with Gasteiger partial charge in [0.05, 0.1) is 12.6 Å². The Labute approximate surface area is 110 Å². The van der Waals surface area contributed by atoms with Gasteiger partial charge in [0.15, 0.2) is 5.96 Å². The molecule has 1 aliphatic rings. The van der Waals surface area contributed by atoms with Crippen LogP contribution in [0, 0.1) is 11.6 Å². The van der Waals surface area contributed by atoms with Crippen LogP contribution >= 0.6 is 0 Å². The van der Waals surface area contributed by atoms with E-state index >= 15 is 0 Å². The van der Waals surface area contributed by atoms with Gasteiger partial charge in [-0.25, -0.2) is 13.8 Å². The molecule has 0 aromatic heterocycles. The average molecular weight is 269 g/mol. The van der Waals surface area contributed by atoms with Crippen LogP contribution in [0.3, 0.4) is 0 Å². The van der Waals surface area contributed by atoms with Gasteiger partial charge in [0.25, 0.3) is 0 Å². The van der Waals surface area contributed by atoms with E-state index in [0.29, 0.717) is 6.54 Å². The Kier molecular flexibility index (Phi) is 4.68. The van der Waals surface area contributed by atoms with Gasteiger partial charge < -0.3 is 15.8 Å².